The predicted molar refractivity (Wildman–Crippen MR) is 84.2 cm³/mol. The molecule has 21 heavy (non-hydrogen) atoms. The van der Waals surface area contributed by atoms with Gasteiger partial charge in [0.2, 0.25) is 0 Å². The predicted octanol–water partition coefficient (Wildman–Crippen LogP) is 1.41. The normalized spacial score (nSPS) is 12.5. The van der Waals surface area contributed by atoms with E-state index in [9.17, 15) is 13.2 Å². The summed E-state index contributed by atoms with van der Waals surface area (Å²) in [5.41, 5.74) is 0.298. The summed E-state index contributed by atoms with van der Waals surface area (Å²) >= 11 is 0. The van der Waals surface area contributed by atoms with E-state index >= 15 is 0 Å². The van der Waals surface area contributed by atoms with Gasteiger partial charge in [0.15, 0.2) is 9.84 Å². The van der Waals surface area contributed by atoms with Crippen molar-refractivity contribution < 1.29 is 13.2 Å². The van der Waals surface area contributed by atoms with Crippen LogP contribution >= 0.6 is 0 Å². The van der Waals surface area contributed by atoms with Gasteiger partial charge in [-0.25, -0.2) is 8.42 Å². The van der Waals surface area contributed by atoms with Crippen molar-refractivity contribution in [2.45, 2.75) is 18.7 Å². The fourth-order valence-electron chi connectivity index (χ4n) is 2.20. The first-order chi connectivity index (χ1) is 9.51. The number of carbonyl (C=O) groups excluding carboxylic acids is 1. The van der Waals surface area contributed by atoms with Crippen molar-refractivity contribution >= 4 is 15.7 Å². The second-order valence-electron chi connectivity index (χ2n) is 6.38. The summed E-state index contributed by atoms with van der Waals surface area (Å²) in [7, 11) is 0.666. The summed E-state index contributed by atoms with van der Waals surface area (Å²) in [6.07, 6.45) is 1.13. The molecule has 1 N–H and O–H groups in total. The maximum absolute atomic E-state index is 12.1. The molecule has 118 valence electrons. The van der Waals surface area contributed by atoms with Crippen LogP contribution in [0.4, 0.5) is 0 Å². The fraction of sp³-hybridized carbons (Fsp3) is 0.533. The molecule has 0 spiro atoms. The highest BCUT2D eigenvalue weighted by atomic mass is 32.2. The second-order valence-corrected chi connectivity index (χ2v) is 8.40. The minimum absolute atomic E-state index is 0.0619. The molecule has 5 nitrogen and oxygen atoms in total. The zero-order chi connectivity index (χ0) is 16.3. The first-order valence-electron chi connectivity index (χ1n) is 6.74. The molecule has 0 heterocycles. The Bertz CT molecular complexity index is 607. The van der Waals surface area contributed by atoms with Gasteiger partial charge in [-0.15, -0.1) is 0 Å². The first kappa shape index (κ1) is 17.7. The number of nitrogens with zero attached hydrogens (tertiary/aromatic N) is 1. The Morgan fingerprint density at radius 3 is 2.43 bits per heavy atom. The summed E-state index contributed by atoms with van der Waals surface area (Å²) in [6.45, 7) is 5.50. The molecule has 1 amide bonds. The van der Waals surface area contributed by atoms with Crippen LogP contribution in [0.2, 0.25) is 0 Å². The largest absolute Gasteiger partial charge is 0.351 e. The van der Waals surface area contributed by atoms with Gasteiger partial charge in [0.05, 0.1) is 4.90 Å². The molecular formula is C15H24N2O3S. The van der Waals surface area contributed by atoms with Gasteiger partial charge in [-0.05, 0) is 37.7 Å². The molecule has 0 aliphatic carbocycles. The number of nitrogens with one attached hydrogen (secondary N) is 1. The third-order valence-corrected chi connectivity index (χ3v) is 4.11. The summed E-state index contributed by atoms with van der Waals surface area (Å²) in [5, 5.41) is 2.86. The van der Waals surface area contributed by atoms with E-state index in [4.69, 9.17) is 0 Å². The average molecular weight is 312 g/mol. The third-order valence-electron chi connectivity index (χ3n) is 3.00. The van der Waals surface area contributed by atoms with Crippen LogP contribution in [0.25, 0.3) is 0 Å². The highest BCUT2D eigenvalue weighted by molar-refractivity contribution is 7.90. The average Bonchev–Trinajstić information content (AvgIpc) is 2.33. The number of sulfone groups is 1. The number of hydrogen-bond acceptors (Lipinski definition) is 4. The Morgan fingerprint density at radius 2 is 1.90 bits per heavy atom. The van der Waals surface area contributed by atoms with Crippen LogP contribution in [0.3, 0.4) is 0 Å². The molecule has 0 radical (unpaired) electrons. The molecule has 1 aromatic carbocycles. The van der Waals surface area contributed by atoms with E-state index in [0.29, 0.717) is 12.1 Å². The van der Waals surface area contributed by atoms with E-state index in [-0.39, 0.29) is 16.2 Å². The molecule has 1 aromatic rings. The molecule has 1 rings (SSSR count). The monoisotopic (exact) mass is 312 g/mol. The molecule has 0 unspecified atom stereocenters. The van der Waals surface area contributed by atoms with Crippen molar-refractivity contribution in [3.63, 3.8) is 0 Å². The molecular weight excluding hydrogens is 288 g/mol. The third kappa shape index (κ3) is 5.85. The van der Waals surface area contributed by atoms with Crippen molar-refractivity contribution in [1.82, 2.24) is 10.2 Å². The number of carbonyl (C=O) groups is 1. The minimum Gasteiger partial charge on any atom is -0.351 e. The van der Waals surface area contributed by atoms with E-state index in [1.54, 1.807) is 12.1 Å². The van der Waals surface area contributed by atoms with Gasteiger partial charge in [0, 0.05) is 24.9 Å². The van der Waals surface area contributed by atoms with Gasteiger partial charge in [-0.3, -0.25) is 4.79 Å². The number of amides is 1. The molecule has 6 heteroatoms. The van der Waals surface area contributed by atoms with E-state index in [1.807, 2.05) is 14.1 Å². The molecule has 0 fully saturated rings. The van der Waals surface area contributed by atoms with Gasteiger partial charge in [-0.1, -0.05) is 19.9 Å². The summed E-state index contributed by atoms with van der Waals surface area (Å²) in [6, 6.07) is 6.09. The summed E-state index contributed by atoms with van der Waals surface area (Å²) in [5.74, 6) is -0.257. The lowest BCUT2D eigenvalue weighted by atomic mass is 9.93. The van der Waals surface area contributed by atoms with E-state index < -0.39 is 9.84 Å². The Balaban J connectivity index is 2.77. The van der Waals surface area contributed by atoms with Gasteiger partial charge >= 0.3 is 0 Å². The Kier molecular flexibility index (Phi) is 5.53. The highest BCUT2D eigenvalue weighted by Gasteiger charge is 2.20. The lowest BCUT2D eigenvalue weighted by Crippen LogP contribution is -2.40. The van der Waals surface area contributed by atoms with Crippen molar-refractivity contribution in [2.75, 3.05) is 33.4 Å². The van der Waals surface area contributed by atoms with Crippen molar-refractivity contribution in [1.29, 1.82) is 0 Å². The molecule has 0 aliphatic rings. The van der Waals surface area contributed by atoms with Crippen molar-refractivity contribution in [3.8, 4) is 0 Å². The molecule has 0 saturated heterocycles. The van der Waals surface area contributed by atoms with Crippen LogP contribution in [0.5, 0.6) is 0 Å². The van der Waals surface area contributed by atoms with Crippen LogP contribution in [0.15, 0.2) is 29.2 Å². The highest BCUT2D eigenvalue weighted by Crippen LogP contribution is 2.15. The van der Waals surface area contributed by atoms with Gasteiger partial charge in [-0.2, -0.15) is 0 Å². The Hall–Kier alpha value is -1.40. The first-order valence-corrected chi connectivity index (χ1v) is 8.63. The van der Waals surface area contributed by atoms with Gasteiger partial charge in [0.1, 0.15) is 0 Å². The lowest BCUT2D eigenvalue weighted by Gasteiger charge is -2.28. The maximum atomic E-state index is 12.1. The standard InChI is InChI=1S/C15H24N2O3S/c1-15(2,11-17(3)4)10-16-14(18)12-7-6-8-13(9-12)21(5,19)20/h6-9H,10-11H2,1-5H3,(H,16,18). The van der Waals surface area contributed by atoms with E-state index in [1.165, 1.54) is 12.1 Å². The van der Waals surface area contributed by atoms with Crippen molar-refractivity contribution in [3.05, 3.63) is 29.8 Å². The van der Waals surface area contributed by atoms with E-state index in [0.717, 1.165) is 12.8 Å². The van der Waals surface area contributed by atoms with Crippen LogP contribution in [0.1, 0.15) is 24.2 Å². The number of rotatable bonds is 6. The number of benzene rings is 1. The Morgan fingerprint density at radius 1 is 1.29 bits per heavy atom. The second kappa shape index (κ2) is 6.58. The lowest BCUT2D eigenvalue weighted by molar-refractivity contribution is 0.0929. The summed E-state index contributed by atoms with van der Waals surface area (Å²) < 4.78 is 23.0. The van der Waals surface area contributed by atoms with Crippen LogP contribution in [-0.4, -0.2) is 52.7 Å². The Labute approximate surface area is 127 Å². The number of hydrogen-bond donors (Lipinski definition) is 1. The smallest absolute Gasteiger partial charge is 0.251 e. The molecule has 0 saturated carbocycles. The zero-order valence-electron chi connectivity index (χ0n) is 13.3. The van der Waals surface area contributed by atoms with E-state index in [2.05, 4.69) is 24.1 Å². The van der Waals surface area contributed by atoms with Gasteiger partial charge in [0.25, 0.3) is 5.91 Å². The van der Waals surface area contributed by atoms with Crippen molar-refractivity contribution in [2.24, 2.45) is 5.41 Å². The van der Waals surface area contributed by atoms with Crippen LogP contribution in [-0.2, 0) is 9.84 Å². The summed E-state index contributed by atoms with van der Waals surface area (Å²) in [4.78, 5) is 14.4. The van der Waals surface area contributed by atoms with Gasteiger partial charge < -0.3 is 10.2 Å². The molecule has 0 atom stereocenters. The van der Waals surface area contributed by atoms with Crippen LogP contribution in [0, 0.1) is 5.41 Å². The maximum Gasteiger partial charge on any atom is 0.251 e. The topological polar surface area (TPSA) is 66.5 Å². The zero-order valence-corrected chi connectivity index (χ0v) is 14.1. The molecule has 0 aromatic heterocycles. The quantitative estimate of drug-likeness (QED) is 0.862. The molecule has 0 aliphatic heterocycles. The fourth-order valence-corrected chi connectivity index (χ4v) is 2.87. The minimum atomic E-state index is -3.30. The van der Waals surface area contributed by atoms with Crippen LogP contribution < -0.4 is 5.32 Å². The SMILES string of the molecule is CN(C)CC(C)(C)CNC(=O)c1cccc(S(C)(=O)=O)c1. The molecule has 0 bridgehead atoms.